The fourth-order valence-electron chi connectivity index (χ4n) is 2.07. The molecule has 0 aliphatic carbocycles. The molecule has 106 valence electrons. The molecule has 0 atom stereocenters. The van der Waals surface area contributed by atoms with Crippen LogP contribution in [0.4, 0.5) is 10.1 Å². The van der Waals surface area contributed by atoms with Crippen molar-refractivity contribution in [3.8, 4) is 5.75 Å². The van der Waals surface area contributed by atoms with Gasteiger partial charge >= 0.3 is 0 Å². The van der Waals surface area contributed by atoms with E-state index in [9.17, 15) is 4.39 Å². The summed E-state index contributed by atoms with van der Waals surface area (Å²) >= 11 is 0. The fraction of sp³-hybridized carbons (Fsp3) is 0.250. The number of rotatable bonds is 5. The van der Waals surface area contributed by atoms with Gasteiger partial charge in [0.1, 0.15) is 11.6 Å². The van der Waals surface area contributed by atoms with Crippen LogP contribution in [0.2, 0.25) is 0 Å². The number of hydrogen-bond acceptors (Lipinski definition) is 3. The third kappa shape index (κ3) is 3.27. The van der Waals surface area contributed by atoms with Gasteiger partial charge < -0.3 is 15.4 Å². The highest BCUT2D eigenvalue weighted by Gasteiger charge is 2.08. The van der Waals surface area contributed by atoms with Gasteiger partial charge in [0.05, 0.1) is 7.11 Å². The molecule has 0 spiro atoms. The second-order valence-corrected chi connectivity index (χ2v) is 4.69. The Kier molecular flexibility index (Phi) is 4.58. The number of benzene rings is 2. The minimum Gasteiger partial charge on any atom is -0.497 e. The van der Waals surface area contributed by atoms with Crippen molar-refractivity contribution in [1.82, 2.24) is 0 Å². The number of ether oxygens (including phenoxy) is 1. The molecule has 0 aliphatic rings. The molecule has 4 heteroatoms. The summed E-state index contributed by atoms with van der Waals surface area (Å²) in [6.07, 6.45) is 0. The smallest absolute Gasteiger partial charge is 0.128 e. The standard InChI is InChI=1S/C16H19FN2O/c1-19(14-4-3-5-15(9-14)20-2)11-13-8-12(10-18)6-7-16(13)17/h3-9H,10-11,18H2,1-2H3. The normalized spacial score (nSPS) is 10.4. The van der Waals surface area contributed by atoms with Crippen LogP contribution in [0.15, 0.2) is 42.5 Å². The summed E-state index contributed by atoms with van der Waals surface area (Å²) in [4.78, 5) is 1.97. The number of methoxy groups -OCH3 is 1. The lowest BCUT2D eigenvalue weighted by molar-refractivity contribution is 0.415. The molecule has 0 radical (unpaired) electrons. The number of hydrogen-bond donors (Lipinski definition) is 1. The van der Waals surface area contributed by atoms with E-state index in [2.05, 4.69) is 0 Å². The Morgan fingerprint density at radius 2 is 2.00 bits per heavy atom. The van der Waals surface area contributed by atoms with Crippen molar-refractivity contribution < 1.29 is 9.13 Å². The molecule has 2 aromatic carbocycles. The summed E-state index contributed by atoms with van der Waals surface area (Å²) in [6, 6.07) is 12.7. The first-order valence-electron chi connectivity index (χ1n) is 6.46. The molecule has 0 aromatic heterocycles. The van der Waals surface area contributed by atoms with Crippen molar-refractivity contribution in [3.63, 3.8) is 0 Å². The lowest BCUT2D eigenvalue weighted by atomic mass is 10.1. The molecule has 0 fully saturated rings. The van der Waals surface area contributed by atoms with Crippen molar-refractivity contribution in [2.75, 3.05) is 19.1 Å². The Bertz CT molecular complexity index is 586. The highest BCUT2D eigenvalue weighted by molar-refractivity contribution is 5.50. The predicted octanol–water partition coefficient (Wildman–Crippen LogP) is 2.93. The molecule has 3 nitrogen and oxygen atoms in total. The van der Waals surface area contributed by atoms with Gasteiger partial charge in [-0.1, -0.05) is 12.1 Å². The summed E-state index contributed by atoms with van der Waals surface area (Å²) < 4.78 is 19.0. The molecule has 0 amide bonds. The topological polar surface area (TPSA) is 38.5 Å². The molecule has 0 saturated heterocycles. The first-order valence-corrected chi connectivity index (χ1v) is 6.46. The van der Waals surface area contributed by atoms with Gasteiger partial charge in [0, 0.05) is 37.5 Å². The molecule has 0 saturated carbocycles. The van der Waals surface area contributed by atoms with Gasteiger partial charge in [-0.15, -0.1) is 0 Å². The minimum absolute atomic E-state index is 0.211. The summed E-state index contributed by atoms with van der Waals surface area (Å²) in [5.41, 5.74) is 8.14. The van der Waals surface area contributed by atoms with Crippen molar-refractivity contribution in [2.24, 2.45) is 5.73 Å². The van der Waals surface area contributed by atoms with Crippen molar-refractivity contribution in [3.05, 3.63) is 59.4 Å². The Balaban J connectivity index is 2.20. The van der Waals surface area contributed by atoms with Crippen LogP contribution in [0.5, 0.6) is 5.75 Å². The zero-order valence-electron chi connectivity index (χ0n) is 11.8. The van der Waals surface area contributed by atoms with E-state index >= 15 is 0 Å². The molecular weight excluding hydrogens is 255 g/mol. The maximum absolute atomic E-state index is 13.8. The van der Waals surface area contributed by atoms with Crippen molar-refractivity contribution in [2.45, 2.75) is 13.1 Å². The van der Waals surface area contributed by atoms with Crippen LogP contribution < -0.4 is 15.4 Å². The monoisotopic (exact) mass is 274 g/mol. The maximum Gasteiger partial charge on any atom is 0.128 e. The molecule has 2 rings (SSSR count). The second kappa shape index (κ2) is 6.39. The van der Waals surface area contributed by atoms with Crippen LogP contribution in [0, 0.1) is 5.82 Å². The Morgan fingerprint density at radius 1 is 1.20 bits per heavy atom. The number of halogens is 1. The molecule has 0 bridgehead atoms. The van der Waals surface area contributed by atoms with Gasteiger partial charge in [-0.25, -0.2) is 4.39 Å². The maximum atomic E-state index is 13.8. The van der Waals surface area contributed by atoms with Crippen LogP contribution in [0.3, 0.4) is 0 Å². The van der Waals surface area contributed by atoms with Gasteiger partial charge in [0.15, 0.2) is 0 Å². The molecule has 2 N–H and O–H groups in total. The first kappa shape index (κ1) is 14.3. The fourth-order valence-corrected chi connectivity index (χ4v) is 2.07. The number of anilines is 1. The lowest BCUT2D eigenvalue weighted by Crippen LogP contribution is -2.17. The van der Waals surface area contributed by atoms with E-state index in [1.807, 2.05) is 42.3 Å². The Morgan fingerprint density at radius 3 is 2.70 bits per heavy atom. The molecule has 0 aliphatic heterocycles. The first-order chi connectivity index (χ1) is 9.63. The molecular formula is C16H19FN2O. The van der Waals surface area contributed by atoms with E-state index in [4.69, 9.17) is 10.5 Å². The van der Waals surface area contributed by atoms with Crippen LogP contribution in [0.1, 0.15) is 11.1 Å². The van der Waals surface area contributed by atoms with E-state index in [-0.39, 0.29) is 5.82 Å². The van der Waals surface area contributed by atoms with Gasteiger partial charge in [-0.05, 0) is 29.8 Å². The quantitative estimate of drug-likeness (QED) is 0.911. The lowest BCUT2D eigenvalue weighted by Gasteiger charge is -2.20. The summed E-state index contributed by atoms with van der Waals surface area (Å²) in [5.74, 6) is 0.572. The van der Waals surface area contributed by atoms with Gasteiger partial charge in [0.2, 0.25) is 0 Å². The zero-order chi connectivity index (χ0) is 14.5. The van der Waals surface area contributed by atoms with Gasteiger partial charge in [-0.3, -0.25) is 0 Å². The summed E-state index contributed by atoms with van der Waals surface area (Å²) in [5, 5.41) is 0. The highest BCUT2D eigenvalue weighted by Crippen LogP contribution is 2.22. The van der Waals surface area contributed by atoms with E-state index in [1.54, 1.807) is 13.2 Å². The van der Waals surface area contributed by atoms with Gasteiger partial charge in [-0.2, -0.15) is 0 Å². The Labute approximate surface area is 118 Å². The molecule has 20 heavy (non-hydrogen) atoms. The van der Waals surface area contributed by atoms with E-state index in [0.29, 0.717) is 18.7 Å². The molecule has 0 heterocycles. The van der Waals surface area contributed by atoms with Crippen molar-refractivity contribution >= 4 is 5.69 Å². The number of nitrogens with zero attached hydrogens (tertiary/aromatic N) is 1. The zero-order valence-corrected chi connectivity index (χ0v) is 11.8. The van der Waals surface area contributed by atoms with Crippen LogP contribution in [-0.2, 0) is 13.1 Å². The second-order valence-electron chi connectivity index (χ2n) is 4.69. The molecule has 0 unspecified atom stereocenters. The average Bonchev–Trinajstić information content (AvgIpc) is 2.49. The largest absolute Gasteiger partial charge is 0.497 e. The highest BCUT2D eigenvalue weighted by atomic mass is 19.1. The van der Waals surface area contributed by atoms with Crippen LogP contribution in [-0.4, -0.2) is 14.2 Å². The number of nitrogens with two attached hydrogens (primary N) is 1. The third-order valence-electron chi connectivity index (χ3n) is 3.25. The van der Waals surface area contributed by atoms with Crippen LogP contribution >= 0.6 is 0 Å². The van der Waals surface area contributed by atoms with E-state index in [0.717, 1.165) is 17.0 Å². The SMILES string of the molecule is COc1cccc(N(C)Cc2cc(CN)ccc2F)c1. The third-order valence-corrected chi connectivity index (χ3v) is 3.25. The van der Waals surface area contributed by atoms with Crippen LogP contribution in [0.25, 0.3) is 0 Å². The minimum atomic E-state index is -0.211. The Hall–Kier alpha value is -2.07. The van der Waals surface area contributed by atoms with Gasteiger partial charge in [0.25, 0.3) is 0 Å². The summed E-state index contributed by atoms with van der Waals surface area (Å²) in [7, 11) is 3.55. The average molecular weight is 274 g/mol. The summed E-state index contributed by atoms with van der Waals surface area (Å²) in [6.45, 7) is 0.892. The molecule has 2 aromatic rings. The van der Waals surface area contributed by atoms with E-state index < -0.39 is 0 Å². The predicted molar refractivity (Wildman–Crippen MR) is 79.4 cm³/mol. The van der Waals surface area contributed by atoms with E-state index in [1.165, 1.54) is 6.07 Å². The van der Waals surface area contributed by atoms with Crippen molar-refractivity contribution in [1.29, 1.82) is 0 Å².